The van der Waals surface area contributed by atoms with Crippen molar-refractivity contribution in [1.82, 2.24) is 15.6 Å². The Balaban J connectivity index is 1.33. The third-order valence-electron chi connectivity index (χ3n) is 5.53. The number of H-pyrrole nitrogens is 1. The topological polar surface area (TPSA) is 56.9 Å². The van der Waals surface area contributed by atoms with Crippen LogP contribution < -0.4 is 10.6 Å². The molecule has 1 saturated heterocycles. The maximum Gasteiger partial charge on any atom is 0.223 e. The molecule has 1 unspecified atom stereocenters. The lowest BCUT2D eigenvalue weighted by atomic mass is 9.92. The summed E-state index contributed by atoms with van der Waals surface area (Å²) in [7, 11) is 0. The summed E-state index contributed by atoms with van der Waals surface area (Å²) < 4.78 is 0. The van der Waals surface area contributed by atoms with E-state index in [-0.39, 0.29) is 11.8 Å². The lowest BCUT2D eigenvalue weighted by Gasteiger charge is -2.23. The fourth-order valence-electron chi connectivity index (χ4n) is 4.00. The zero-order chi connectivity index (χ0) is 15.9. The van der Waals surface area contributed by atoms with Crippen LogP contribution in [0, 0.1) is 11.3 Å². The van der Waals surface area contributed by atoms with Crippen molar-refractivity contribution in [3.8, 4) is 0 Å². The number of hydrogen-bond acceptors (Lipinski definition) is 2. The minimum atomic E-state index is 0.238. The summed E-state index contributed by atoms with van der Waals surface area (Å²) in [6.45, 7) is 2.79. The molecule has 23 heavy (non-hydrogen) atoms. The van der Waals surface area contributed by atoms with Crippen LogP contribution in [-0.2, 0) is 11.2 Å². The first-order valence-electron chi connectivity index (χ1n) is 8.42. The van der Waals surface area contributed by atoms with Crippen LogP contribution in [0.3, 0.4) is 0 Å². The summed E-state index contributed by atoms with van der Waals surface area (Å²) in [6, 6.07) is 5.86. The van der Waals surface area contributed by atoms with E-state index < -0.39 is 0 Å². The van der Waals surface area contributed by atoms with Gasteiger partial charge in [0.15, 0.2) is 0 Å². The van der Waals surface area contributed by atoms with Gasteiger partial charge in [0.2, 0.25) is 5.91 Å². The molecule has 1 aliphatic heterocycles. The third kappa shape index (κ3) is 2.86. The highest BCUT2D eigenvalue weighted by Gasteiger charge is 2.57. The van der Waals surface area contributed by atoms with Crippen LogP contribution in [0.4, 0.5) is 0 Å². The van der Waals surface area contributed by atoms with Gasteiger partial charge in [-0.05, 0) is 68.0 Å². The quantitative estimate of drug-likeness (QED) is 0.807. The SMILES string of the molecule is O=C(NCCc1c[nH]c2ccc(Cl)cc12)C1CC12CCNCC2. The molecule has 2 aliphatic rings. The summed E-state index contributed by atoms with van der Waals surface area (Å²) in [4.78, 5) is 15.6. The zero-order valence-electron chi connectivity index (χ0n) is 13.1. The molecule has 1 aromatic carbocycles. The van der Waals surface area contributed by atoms with Gasteiger partial charge in [0.25, 0.3) is 0 Å². The van der Waals surface area contributed by atoms with Gasteiger partial charge in [-0.1, -0.05) is 11.6 Å². The Morgan fingerprint density at radius 3 is 3.00 bits per heavy atom. The lowest BCUT2D eigenvalue weighted by Crippen LogP contribution is -2.34. The molecule has 1 aromatic heterocycles. The van der Waals surface area contributed by atoms with E-state index in [9.17, 15) is 4.79 Å². The number of aromatic amines is 1. The van der Waals surface area contributed by atoms with Crippen LogP contribution in [0.15, 0.2) is 24.4 Å². The number of piperidine rings is 1. The van der Waals surface area contributed by atoms with Gasteiger partial charge < -0.3 is 15.6 Å². The maximum absolute atomic E-state index is 12.4. The first kappa shape index (κ1) is 15.0. The largest absolute Gasteiger partial charge is 0.361 e. The van der Waals surface area contributed by atoms with E-state index in [1.807, 2.05) is 24.4 Å². The highest BCUT2D eigenvalue weighted by atomic mass is 35.5. The summed E-state index contributed by atoms with van der Waals surface area (Å²) in [5, 5.41) is 8.39. The van der Waals surface area contributed by atoms with Crippen LogP contribution >= 0.6 is 11.6 Å². The fraction of sp³-hybridized carbons (Fsp3) is 0.500. The smallest absolute Gasteiger partial charge is 0.223 e. The van der Waals surface area contributed by atoms with Crippen molar-refractivity contribution >= 4 is 28.4 Å². The van der Waals surface area contributed by atoms with Crippen LogP contribution in [0.2, 0.25) is 5.02 Å². The van der Waals surface area contributed by atoms with E-state index in [1.54, 1.807) is 0 Å². The molecular weight excluding hydrogens is 310 g/mol. The predicted molar refractivity (Wildman–Crippen MR) is 92.7 cm³/mol. The van der Waals surface area contributed by atoms with Crippen LogP contribution in [0.5, 0.6) is 0 Å². The van der Waals surface area contributed by atoms with Gasteiger partial charge in [-0.15, -0.1) is 0 Å². The molecule has 1 atom stereocenters. The lowest BCUT2D eigenvalue weighted by molar-refractivity contribution is -0.123. The van der Waals surface area contributed by atoms with E-state index in [2.05, 4.69) is 15.6 Å². The molecule has 4 rings (SSSR count). The molecule has 3 N–H and O–H groups in total. The normalized spacial score (nSPS) is 22.4. The summed E-state index contributed by atoms with van der Waals surface area (Å²) >= 11 is 6.08. The Labute approximate surface area is 141 Å². The summed E-state index contributed by atoms with van der Waals surface area (Å²) in [6.07, 6.45) is 6.20. The minimum Gasteiger partial charge on any atom is -0.361 e. The molecule has 1 spiro atoms. The van der Waals surface area contributed by atoms with Gasteiger partial charge in [0, 0.05) is 34.6 Å². The molecule has 122 valence electrons. The predicted octanol–water partition coefficient (Wildman–Crippen LogP) is 2.87. The molecule has 5 heteroatoms. The Hall–Kier alpha value is -1.52. The summed E-state index contributed by atoms with van der Waals surface area (Å²) in [5.41, 5.74) is 2.60. The van der Waals surface area contributed by atoms with Crippen LogP contribution in [0.25, 0.3) is 10.9 Å². The Morgan fingerprint density at radius 1 is 1.35 bits per heavy atom. The van der Waals surface area contributed by atoms with Crippen molar-refractivity contribution in [2.75, 3.05) is 19.6 Å². The van der Waals surface area contributed by atoms with Crippen LogP contribution in [-0.4, -0.2) is 30.5 Å². The number of aromatic nitrogens is 1. The number of hydrogen-bond donors (Lipinski definition) is 3. The maximum atomic E-state index is 12.4. The number of halogens is 1. The average Bonchev–Trinajstić information content (AvgIpc) is 3.10. The van der Waals surface area contributed by atoms with Gasteiger partial charge in [0.1, 0.15) is 0 Å². The van der Waals surface area contributed by atoms with Crippen molar-refractivity contribution in [1.29, 1.82) is 0 Å². The van der Waals surface area contributed by atoms with E-state index >= 15 is 0 Å². The summed E-state index contributed by atoms with van der Waals surface area (Å²) in [5.74, 6) is 0.479. The molecule has 1 aliphatic carbocycles. The molecule has 4 nitrogen and oxygen atoms in total. The molecule has 2 aromatic rings. The number of carbonyl (C=O) groups excluding carboxylic acids is 1. The zero-order valence-corrected chi connectivity index (χ0v) is 13.9. The average molecular weight is 332 g/mol. The van der Waals surface area contributed by atoms with Crippen molar-refractivity contribution in [3.05, 3.63) is 35.0 Å². The molecule has 2 fully saturated rings. The second-order valence-corrected chi connectivity index (χ2v) is 7.35. The number of carbonyl (C=O) groups is 1. The van der Waals surface area contributed by atoms with Gasteiger partial charge in [-0.3, -0.25) is 4.79 Å². The van der Waals surface area contributed by atoms with E-state index in [1.165, 1.54) is 5.56 Å². The third-order valence-corrected chi connectivity index (χ3v) is 5.76. The van der Waals surface area contributed by atoms with E-state index in [0.717, 1.165) is 54.7 Å². The fourth-order valence-corrected chi connectivity index (χ4v) is 4.17. The highest BCUT2D eigenvalue weighted by molar-refractivity contribution is 6.31. The second-order valence-electron chi connectivity index (χ2n) is 6.91. The number of benzene rings is 1. The Kier molecular flexibility index (Phi) is 3.82. The van der Waals surface area contributed by atoms with Gasteiger partial charge in [0.05, 0.1) is 0 Å². The van der Waals surface area contributed by atoms with E-state index in [4.69, 9.17) is 11.6 Å². The van der Waals surface area contributed by atoms with Crippen molar-refractivity contribution in [2.45, 2.75) is 25.7 Å². The first-order chi connectivity index (χ1) is 11.2. The molecular formula is C18H22ClN3O. The number of fused-ring (bicyclic) bond motifs is 1. The Bertz CT molecular complexity index is 733. The minimum absolute atomic E-state index is 0.238. The van der Waals surface area contributed by atoms with Gasteiger partial charge >= 0.3 is 0 Å². The standard InChI is InChI=1S/C18H22ClN3O/c19-13-1-2-16-14(9-13)12(11-22-16)3-6-21-17(23)15-10-18(15)4-7-20-8-5-18/h1-2,9,11,15,20,22H,3-8,10H2,(H,21,23). The van der Waals surface area contributed by atoms with E-state index in [0.29, 0.717) is 12.0 Å². The molecule has 1 amide bonds. The number of amides is 1. The highest BCUT2D eigenvalue weighted by Crippen LogP contribution is 2.58. The molecule has 2 heterocycles. The van der Waals surface area contributed by atoms with Crippen molar-refractivity contribution in [2.24, 2.45) is 11.3 Å². The van der Waals surface area contributed by atoms with Crippen molar-refractivity contribution < 1.29 is 4.79 Å². The number of nitrogens with one attached hydrogen (secondary N) is 3. The van der Waals surface area contributed by atoms with Gasteiger partial charge in [-0.25, -0.2) is 0 Å². The van der Waals surface area contributed by atoms with Crippen LogP contribution in [0.1, 0.15) is 24.8 Å². The molecule has 0 radical (unpaired) electrons. The Morgan fingerprint density at radius 2 is 2.17 bits per heavy atom. The van der Waals surface area contributed by atoms with Crippen molar-refractivity contribution in [3.63, 3.8) is 0 Å². The first-order valence-corrected chi connectivity index (χ1v) is 8.80. The second kappa shape index (κ2) is 5.84. The molecule has 1 saturated carbocycles. The monoisotopic (exact) mass is 331 g/mol. The molecule has 0 bridgehead atoms. The van der Waals surface area contributed by atoms with Gasteiger partial charge in [-0.2, -0.15) is 0 Å². The number of rotatable bonds is 4.